The van der Waals surface area contributed by atoms with Crippen molar-refractivity contribution in [3.05, 3.63) is 97.5 Å². The summed E-state index contributed by atoms with van der Waals surface area (Å²) in [6, 6.07) is 11.7. The van der Waals surface area contributed by atoms with E-state index in [4.69, 9.17) is 4.74 Å². The van der Waals surface area contributed by atoms with E-state index in [1.165, 1.54) is 29.1 Å². The van der Waals surface area contributed by atoms with Gasteiger partial charge in [-0.25, -0.2) is 13.6 Å². The first kappa shape index (κ1) is 22.4. The zero-order valence-corrected chi connectivity index (χ0v) is 18.3. The molecule has 0 unspecified atom stereocenters. The molecule has 0 aliphatic carbocycles. The average molecular weight is 471 g/mol. The predicted octanol–water partition coefficient (Wildman–Crippen LogP) is 2.88. The average Bonchev–Trinajstić information content (AvgIpc) is 3.29. The number of rotatable bonds is 7. The highest BCUT2D eigenvalue weighted by Crippen LogP contribution is 2.19. The van der Waals surface area contributed by atoms with Crippen molar-refractivity contribution in [2.24, 2.45) is 0 Å². The Morgan fingerprint density at radius 2 is 1.85 bits per heavy atom. The maximum Gasteiger partial charge on any atom is 0.332 e. The molecule has 0 aliphatic heterocycles. The number of carbonyl (C=O) groups is 1. The predicted molar refractivity (Wildman–Crippen MR) is 121 cm³/mol. The molecule has 0 fully saturated rings. The van der Waals surface area contributed by atoms with Crippen LogP contribution in [0.15, 0.2) is 63.5 Å². The molecule has 7 nitrogen and oxygen atoms in total. The Morgan fingerprint density at radius 1 is 1.06 bits per heavy atom. The monoisotopic (exact) mass is 471 g/mol. The Balaban J connectivity index is 1.65. The Morgan fingerprint density at radius 3 is 2.61 bits per heavy atom. The number of para-hydroxylation sites is 1. The van der Waals surface area contributed by atoms with Gasteiger partial charge >= 0.3 is 5.69 Å². The number of hydrogen-bond donors (Lipinski definition) is 1. The summed E-state index contributed by atoms with van der Waals surface area (Å²) in [6.45, 7) is -0.577. The van der Waals surface area contributed by atoms with Gasteiger partial charge < -0.3 is 10.1 Å². The SMILES string of the molecule is COc1ccccc1Cn1c(=O)c2sccc2n(CC(=O)NCc2ccc(F)cc2F)c1=O. The van der Waals surface area contributed by atoms with E-state index in [1.807, 2.05) is 0 Å². The molecule has 2 aromatic carbocycles. The number of benzene rings is 2. The molecule has 4 aromatic rings. The number of methoxy groups -OCH3 is 1. The molecule has 0 radical (unpaired) electrons. The summed E-state index contributed by atoms with van der Waals surface area (Å²) >= 11 is 1.17. The van der Waals surface area contributed by atoms with Gasteiger partial charge in [0.2, 0.25) is 5.91 Å². The molecule has 0 atom stereocenters. The van der Waals surface area contributed by atoms with Crippen molar-refractivity contribution >= 4 is 27.5 Å². The second-order valence-corrected chi connectivity index (χ2v) is 8.14. The summed E-state index contributed by atoms with van der Waals surface area (Å²) in [6.07, 6.45) is 0. The van der Waals surface area contributed by atoms with Crippen LogP contribution in [-0.4, -0.2) is 22.2 Å². The van der Waals surface area contributed by atoms with Crippen LogP contribution in [0.25, 0.3) is 10.2 Å². The largest absolute Gasteiger partial charge is 0.496 e. The van der Waals surface area contributed by atoms with Gasteiger partial charge in [0, 0.05) is 23.7 Å². The summed E-state index contributed by atoms with van der Waals surface area (Å²) in [5.41, 5.74) is -0.0212. The molecule has 1 N–H and O–H groups in total. The maximum atomic E-state index is 13.8. The van der Waals surface area contributed by atoms with Crippen LogP contribution >= 0.6 is 11.3 Å². The normalized spacial score (nSPS) is 11.0. The molecule has 2 heterocycles. The first-order valence-electron chi connectivity index (χ1n) is 9.92. The molecule has 0 saturated carbocycles. The highest BCUT2D eigenvalue weighted by Gasteiger charge is 2.18. The van der Waals surface area contributed by atoms with Crippen molar-refractivity contribution in [1.82, 2.24) is 14.5 Å². The Kier molecular flexibility index (Phi) is 6.36. The van der Waals surface area contributed by atoms with Gasteiger partial charge in [0.25, 0.3) is 5.56 Å². The van der Waals surface area contributed by atoms with E-state index in [9.17, 15) is 23.2 Å². The van der Waals surface area contributed by atoms with E-state index in [2.05, 4.69) is 5.32 Å². The van der Waals surface area contributed by atoms with Crippen LogP contribution in [0.5, 0.6) is 5.75 Å². The lowest BCUT2D eigenvalue weighted by atomic mass is 10.2. The molecule has 1 amide bonds. The number of ether oxygens (including phenoxy) is 1. The fourth-order valence-electron chi connectivity index (χ4n) is 3.49. The summed E-state index contributed by atoms with van der Waals surface area (Å²) in [5.74, 6) is -1.53. The first-order valence-corrected chi connectivity index (χ1v) is 10.8. The number of nitrogens with zero attached hydrogens (tertiary/aromatic N) is 2. The Bertz CT molecular complexity index is 1460. The van der Waals surface area contributed by atoms with Crippen molar-refractivity contribution in [2.75, 3.05) is 7.11 Å². The van der Waals surface area contributed by atoms with Crippen LogP contribution < -0.4 is 21.3 Å². The van der Waals surface area contributed by atoms with E-state index < -0.39 is 28.8 Å². The third kappa shape index (κ3) is 4.56. The smallest absolute Gasteiger partial charge is 0.332 e. The molecule has 0 bridgehead atoms. The molecule has 0 aliphatic rings. The number of hydrogen-bond acceptors (Lipinski definition) is 5. The van der Waals surface area contributed by atoms with E-state index in [0.717, 1.165) is 16.7 Å². The molecular formula is C23H19F2N3O4S. The topological polar surface area (TPSA) is 82.3 Å². The number of carbonyl (C=O) groups excluding carboxylic acids is 1. The Hall–Kier alpha value is -3.79. The fourth-order valence-corrected chi connectivity index (χ4v) is 4.33. The fraction of sp³-hybridized carbons (Fsp3) is 0.174. The molecule has 4 rings (SSSR count). The number of amides is 1. The van der Waals surface area contributed by atoms with Crippen LogP contribution in [0.2, 0.25) is 0 Å². The van der Waals surface area contributed by atoms with Gasteiger partial charge in [-0.2, -0.15) is 0 Å². The molecule has 170 valence electrons. The molecule has 10 heteroatoms. The zero-order chi connectivity index (χ0) is 23.5. The third-order valence-corrected chi connectivity index (χ3v) is 6.04. The quantitative estimate of drug-likeness (QED) is 0.450. The molecule has 33 heavy (non-hydrogen) atoms. The zero-order valence-electron chi connectivity index (χ0n) is 17.5. The minimum Gasteiger partial charge on any atom is -0.496 e. The van der Waals surface area contributed by atoms with Gasteiger partial charge in [0.1, 0.15) is 28.6 Å². The number of halogens is 2. The van der Waals surface area contributed by atoms with Gasteiger partial charge in [-0.05, 0) is 23.6 Å². The lowest BCUT2D eigenvalue weighted by Crippen LogP contribution is -2.42. The van der Waals surface area contributed by atoms with Gasteiger partial charge in [-0.3, -0.25) is 18.7 Å². The summed E-state index contributed by atoms with van der Waals surface area (Å²) < 4.78 is 34.8. The second kappa shape index (κ2) is 9.37. The van der Waals surface area contributed by atoms with Crippen molar-refractivity contribution in [3.63, 3.8) is 0 Å². The number of aromatic nitrogens is 2. The van der Waals surface area contributed by atoms with Crippen molar-refractivity contribution < 1.29 is 18.3 Å². The molecule has 0 saturated heterocycles. The summed E-state index contributed by atoms with van der Waals surface area (Å²) in [7, 11) is 1.50. The number of nitrogens with one attached hydrogen (secondary N) is 1. The minimum absolute atomic E-state index is 0.0298. The van der Waals surface area contributed by atoms with Crippen LogP contribution in [0.3, 0.4) is 0 Å². The maximum absolute atomic E-state index is 13.8. The van der Waals surface area contributed by atoms with Gasteiger partial charge in [-0.1, -0.05) is 24.3 Å². The van der Waals surface area contributed by atoms with Crippen LogP contribution in [0.1, 0.15) is 11.1 Å². The molecular weight excluding hydrogens is 452 g/mol. The highest BCUT2D eigenvalue weighted by molar-refractivity contribution is 7.17. The standard InChI is InChI=1S/C23H19F2N3O4S/c1-32-19-5-3-2-4-15(19)12-28-22(30)21-18(8-9-33-21)27(23(28)31)13-20(29)26-11-14-6-7-16(24)10-17(14)25/h2-10H,11-13H2,1H3,(H,26,29). The van der Waals surface area contributed by atoms with E-state index in [0.29, 0.717) is 21.5 Å². The summed E-state index contributed by atoms with van der Waals surface area (Å²) in [4.78, 5) is 38.8. The number of fused-ring (bicyclic) bond motifs is 1. The lowest BCUT2D eigenvalue weighted by molar-refractivity contribution is -0.121. The van der Waals surface area contributed by atoms with Gasteiger partial charge in [0.15, 0.2) is 0 Å². The van der Waals surface area contributed by atoms with Crippen LogP contribution in [0, 0.1) is 11.6 Å². The van der Waals surface area contributed by atoms with Gasteiger partial charge in [0.05, 0.1) is 19.2 Å². The van der Waals surface area contributed by atoms with E-state index >= 15 is 0 Å². The van der Waals surface area contributed by atoms with E-state index in [1.54, 1.807) is 35.7 Å². The lowest BCUT2D eigenvalue weighted by Gasteiger charge is -2.14. The van der Waals surface area contributed by atoms with Gasteiger partial charge in [-0.15, -0.1) is 11.3 Å². The van der Waals surface area contributed by atoms with Crippen molar-refractivity contribution in [3.8, 4) is 5.75 Å². The molecule has 2 aromatic heterocycles. The Labute approximate surface area is 190 Å². The van der Waals surface area contributed by atoms with Crippen LogP contribution in [-0.2, 0) is 24.4 Å². The second-order valence-electron chi connectivity index (χ2n) is 7.22. The number of thiophene rings is 1. The van der Waals surface area contributed by atoms with Crippen molar-refractivity contribution in [1.29, 1.82) is 0 Å². The minimum atomic E-state index is -0.780. The van der Waals surface area contributed by atoms with Crippen LogP contribution in [0.4, 0.5) is 8.78 Å². The third-order valence-electron chi connectivity index (χ3n) is 5.15. The summed E-state index contributed by atoms with van der Waals surface area (Å²) in [5, 5.41) is 4.20. The van der Waals surface area contributed by atoms with Crippen molar-refractivity contribution in [2.45, 2.75) is 19.6 Å². The van der Waals surface area contributed by atoms with E-state index in [-0.39, 0.29) is 25.2 Å². The highest BCUT2D eigenvalue weighted by atomic mass is 32.1. The molecule has 0 spiro atoms. The first-order chi connectivity index (χ1) is 15.9.